The van der Waals surface area contributed by atoms with Crippen molar-refractivity contribution in [2.24, 2.45) is 35.0 Å². The summed E-state index contributed by atoms with van der Waals surface area (Å²) in [7, 11) is 0. The fourth-order valence-corrected chi connectivity index (χ4v) is 7.11. The number of hydrogen-bond acceptors (Lipinski definition) is 4. The molecule has 3 aliphatic rings. The van der Waals surface area contributed by atoms with Gasteiger partial charge in [-0.3, -0.25) is 9.59 Å². The van der Waals surface area contributed by atoms with Crippen LogP contribution in [0.15, 0.2) is 22.8 Å². The molecule has 4 rings (SSSR count). The van der Waals surface area contributed by atoms with E-state index in [0.717, 1.165) is 57.1 Å². The Balaban J connectivity index is 1.40. The molecule has 2 amide bonds. The number of aliphatic hydroxyl groups is 1. The van der Waals surface area contributed by atoms with Crippen LogP contribution in [0.2, 0.25) is 0 Å². The van der Waals surface area contributed by atoms with Gasteiger partial charge >= 0.3 is 0 Å². The van der Waals surface area contributed by atoms with Crippen molar-refractivity contribution < 1.29 is 19.1 Å². The zero-order valence-electron chi connectivity index (χ0n) is 20.5. The molecule has 184 valence electrons. The van der Waals surface area contributed by atoms with Crippen LogP contribution in [0.25, 0.3) is 0 Å². The number of fused-ring (bicyclic) bond motifs is 1. The number of aliphatic hydroxyl groups excluding tert-OH is 1. The second-order valence-corrected chi connectivity index (χ2v) is 11.3. The monoisotopic (exact) mass is 458 g/mol. The summed E-state index contributed by atoms with van der Waals surface area (Å²) < 4.78 is 5.32. The van der Waals surface area contributed by atoms with Crippen LogP contribution in [0.5, 0.6) is 0 Å². The zero-order chi connectivity index (χ0) is 23.6. The highest BCUT2D eigenvalue weighted by atomic mass is 16.3. The van der Waals surface area contributed by atoms with Crippen LogP contribution in [0.3, 0.4) is 0 Å². The number of nitrogens with one attached hydrogen (secondary N) is 2. The molecule has 0 spiro atoms. The molecule has 0 radical (unpaired) electrons. The van der Waals surface area contributed by atoms with Crippen molar-refractivity contribution in [2.75, 3.05) is 0 Å². The van der Waals surface area contributed by atoms with Crippen LogP contribution in [-0.2, 0) is 16.1 Å². The lowest BCUT2D eigenvalue weighted by Crippen LogP contribution is -2.59. The van der Waals surface area contributed by atoms with Gasteiger partial charge in [0.15, 0.2) is 0 Å². The molecule has 3 N–H and O–H groups in total. The minimum atomic E-state index is -0.544. The Kier molecular flexibility index (Phi) is 7.52. The Hall–Kier alpha value is -1.82. The molecular weight excluding hydrogens is 416 g/mol. The van der Waals surface area contributed by atoms with Crippen LogP contribution < -0.4 is 10.6 Å². The first-order chi connectivity index (χ1) is 15.8. The molecule has 0 aliphatic heterocycles. The number of rotatable bonds is 6. The quantitative estimate of drug-likeness (QED) is 0.588. The SMILES string of the molecule is C[C@H]1[C@@H]2[C@@H](O)[C@@H]([C@H](C)C(=O)NCc3ccco3)CC[C@@]2(C)CC[C@@H]1NC(=O)C1CCCCC1. The van der Waals surface area contributed by atoms with Gasteiger partial charge in [-0.25, -0.2) is 0 Å². The number of hydrogen-bond donors (Lipinski definition) is 3. The van der Waals surface area contributed by atoms with E-state index < -0.39 is 6.10 Å². The van der Waals surface area contributed by atoms with E-state index in [2.05, 4.69) is 24.5 Å². The van der Waals surface area contributed by atoms with Gasteiger partial charge in [0.2, 0.25) is 11.8 Å². The Morgan fingerprint density at radius 2 is 1.91 bits per heavy atom. The molecule has 0 saturated heterocycles. The molecular formula is C27H42N2O4. The molecule has 3 fully saturated rings. The Morgan fingerprint density at radius 1 is 1.18 bits per heavy atom. The van der Waals surface area contributed by atoms with Crippen molar-refractivity contribution in [3.8, 4) is 0 Å². The third kappa shape index (κ3) is 5.16. The van der Waals surface area contributed by atoms with Crippen molar-refractivity contribution in [2.45, 2.75) is 97.2 Å². The van der Waals surface area contributed by atoms with Crippen LogP contribution in [0.4, 0.5) is 0 Å². The Labute approximate surface area is 198 Å². The maximum absolute atomic E-state index is 12.9. The molecule has 1 aromatic heterocycles. The minimum Gasteiger partial charge on any atom is -0.467 e. The van der Waals surface area contributed by atoms with Gasteiger partial charge in [0.1, 0.15) is 5.76 Å². The molecule has 7 atom stereocenters. The first-order valence-corrected chi connectivity index (χ1v) is 13.1. The standard InChI is InChI=1S/C27H42N2O4/c1-17(25(31)28-16-20-10-7-15-33-20)21-11-13-27(3)14-12-22(18(2)23(27)24(21)30)29-26(32)19-8-5-4-6-9-19/h7,10,15,17-19,21-24,30H,4-6,8-9,11-14,16H2,1-3H3,(H,28,31)(H,29,32)/t17-,18+,21+,22-,23+,24-,27-/m0/s1. The van der Waals surface area contributed by atoms with E-state index >= 15 is 0 Å². The first kappa shape index (κ1) is 24.3. The fourth-order valence-electron chi connectivity index (χ4n) is 7.11. The highest BCUT2D eigenvalue weighted by Crippen LogP contribution is 2.55. The van der Waals surface area contributed by atoms with E-state index in [1.807, 2.05) is 19.1 Å². The Morgan fingerprint density at radius 3 is 2.61 bits per heavy atom. The summed E-state index contributed by atoms with van der Waals surface area (Å²) in [6.45, 7) is 6.80. The molecule has 1 aromatic rings. The zero-order valence-corrected chi connectivity index (χ0v) is 20.5. The summed E-state index contributed by atoms with van der Waals surface area (Å²) in [5.41, 5.74) is 0.0613. The van der Waals surface area contributed by atoms with Gasteiger partial charge in [-0.05, 0) is 73.8 Å². The van der Waals surface area contributed by atoms with Gasteiger partial charge in [-0.2, -0.15) is 0 Å². The van der Waals surface area contributed by atoms with E-state index in [4.69, 9.17) is 4.42 Å². The number of carbonyl (C=O) groups is 2. The van der Waals surface area contributed by atoms with Gasteiger partial charge in [0.05, 0.1) is 18.9 Å². The second-order valence-electron chi connectivity index (χ2n) is 11.3. The molecule has 3 aliphatic carbocycles. The van der Waals surface area contributed by atoms with Crippen molar-refractivity contribution in [1.82, 2.24) is 10.6 Å². The fraction of sp³-hybridized carbons (Fsp3) is 0.778. The Bertz CT molecular complexity index is 803. The van der Waals surface area contributed by atoms with E-state index in [1.54, 1.807) is 6.26 Å². The van der Waals surface area contributed by atoms with E-state index in [0.29, 0.717) is 6.54 Å². The molecule has 1 heterocycles. The minimum absolute atomic E-state index is 0.0373. The maximum atomic E-state index is 12.9. The van der Waals surface area contributed by atoms with Crippen molar-refractivity contribution in [3.63, 3.8) is 0 Å². The van der Waals surface area contributed by atoms with Crippen LogP contribution in [0.1, 0.15) is 84.3 Å². The van der Waals surface area contributed by atoms with Crippen molar-refractivity contribution >= 4 is 11.8 Å². The van der Waals surface area contributed by atoms with Gasteiger partial charge in [0.25, 0.3) is 0 Å². The highest BCUT2D eigenvalue weighted by Gasteiger charge is 2.54. The summed E-state index contributed by atoms with van der Waals surface area (Å²) in [4.78, 5) is 25.8. The molecule has 0 bridgehead atoms. The van der Waals surface area contributed by atoms with E-state index in [1.165, 1.54) is 6.42 Å². The van der Waals surface area contributed by atoms with Crippen LogP contribution in [0, 0.1) is 35.0 Å². The normalized spacial score (nSPS) is 35.9. The molecule has 6 heteroatoms. The lowest BCUT2D eigenvalue weighted by Gasteiger charge is -2.56. The highest BCUT2D eigenvalue weighted by molar-refractivity contribution is 5.79. The number of amides is 2. The summed E-state index contributed by atoms with van der Waals surface area (Å²) in [5.74, 6) is 0.978. The third-order valence-electron chi connectivity index (χ3n) is 9.26. The lowest BCUT2D eigenvalue weighted by molar-refractivity contribution is -0.144. The van der Waals surface area contributed by atoms with Crippen molar-refractivity contribution in [1.29, 1.82) is 0 Å². The summed E-state index contributed by atoms with van der Waals surface area (Å²) in [6.07, 6.45) is 10.5. The summed E-state index contributed by atoms with van der Waals surface area (Å²) >= 11 is 0. The average molecular weight is 459 g/mol. The molecule has 3 saturated carbocycles. The van der Waals surface area contributed by atoms with Gasteiger partial charge in [-0.1, -0.05) is 40.0 Å². The predicted octanol–water partition coefficient (Wildman–Crippen LogP) is 4.42. The smallest absolute Gasteiger partial charge is 0.223 e. The largest absolute Gasteiger partial charge is 0.467 e. The van der Waals surface area contributed by atoms with Crippen LogP contribution in [-0.4, -0.2) is 29.1 Å². The van der Waals surface area contributed by atoms with Gasteiger partial charge in [0, 0.05) is 17.9 Å². The summed E-state index contributed by atoms with van der Waals surface area (Å²) in [5, 5.41) is 17.9. The lowest BCUT2D eigenvalue weighted by atomic mass is 9.51. The average Bonchev–Trinajstić information content (AvgIpc) is 3.33. The first-order valence-electron chi connectivity index (χ1n) is 13.1. The van der Waals surface area contributed by atoms with Crippen molar-refractivity contribution in [3.05, 3.63) is 24.2 Å². The molecule has 6 nitrogen and oxygen atoms in total. The molecule has 0 unspecified atom stereocenters. The molecule has 0 aromatic carbocycles. The van der Waals surface area contributed by atoms with E-state index in [9.17, 15) is 14.7 Å². The maximum Gasteiger partial charge on any atom is 0.223 e. The topological polar surface area (TPSA) is 91.6 Å². The summed E-state index contributed by atoms with van der Waals surface area (Å²) in [6, 6.07) is 3.76. The number of carbonyl (C=O) groups excluding carboxylic acids is 2. The molecule has 33 heavy (non-hydrogen) atoms. The van der Waals surface area contributed by atoms with Gasteiger partial charge < -0.3 is 20.2 Å². The predicted molar refractivity (Wildman–Crippen MR) is 127 cm³/mol. The third-order valence-corrected chi connectivity index (χ3v) is 9.26. The van der Waals surface area contributed by atoms with Gasteiger partial charge in [-0.15, -0.1) is 0 Å². The van der Waals surface area contributed by atoms with E-state index in [-0.39, 0.29) is 52.9 Å². The second kappa shape index (κ2) is 10.2. The number of furan rings is 1. The van der Waals surface area contributed by atoms with Crippen LogP contribution >= 0.6 is 0 Å².